The van der Waals surface area contributed by atoms with Crippen LogP contribution in [0.4, 0.5) is 5.82 Å². The molecule has 1 aromatic carbocycles. The Hall–Kier alpha value is -2.49. The first-order valence-corrected chi connectivity index (χ1v) is 12.2. The number of hydrogen-bond acceptors (Lipinski definition) is 9. The van der Waals surface area contributed by atoms with Crippen molar-refractivity contribution in [3.05, 3.63) is 63.6 Å². The molecular weight excluding hydrogens is 451 g/mol. The van der Waals surface area contributed by atoms with E-state index in [1.165, 1.54) is 4.90 Å². The summed E-state index contributed by atoms with van der Waals surface area (Å²) in [6.07, 6.45) is 5.51. The number of nitrogens with zero attached hydrogens (tertiary/aromatic N) is 3. The van der Waals surface area contributed by atoms with Crippen LogP contribution in [-0.4, -0.2) is 49.1 Å². The summed E-state index contributed by atoms with van der Waals surface area (Å²) >= 11 is 0.952. The summed E-state index contributed by atoms with van der Waals surface area (Å²) in [5.41, 5.74) is 8.46. The van der Waals surface area contributed by atoms with Crippen LogP contribution in [0.25, 0.3) is 0 Å². The third kappa shape index (κ3) is 7.89. The van der Waals surface area contributed by atoms with Gasteiger partial charge in [0.2, 0.25) is 19.1 Å². The van der Waals surface area contributed by atoms with Crippen LogP contribution in [0.2, 0.25) is 0 Å². The van der Waals surface area contributed by atoms with Gasteiger partial charge in [0.25, 0.3) is 0 Å². The Morgan fingerprint density at radius 3 is 2.69 bits per heavy atom. The number of aryl methyl sites for hydroxylation is 2. The van der Waals surface area contributed by atoms with Crippen LogP contribution in [0.3, 0.4) is 0 Å². The van der Waals surface area contributed by atoms with Gasteiger partial charge < -0.3 is 24.9 Å². The van der Waals surface area contributed by atoms with Crippen molar-refractivity contribution < 1.29 is 23.9 Å². The molecule has 0 unspecified atom stereocenters. The van der Waals surface area contributed by atoms with Gasteiger partial charge in [-0.05, 0) is 44.9 Å². The van der Waals surface area contributed by atoms with Crippen molar-refractivity contribution in [2.24, 2.45) is 0 Å². The van der Waals surface area contributed by atoms with E-state index in [1.807, 2.05) is 13.0 Å². The number of allylic oxidation sites excluding steroid dienone is 1. The molecule has 0 bridgehead atoms. The van der Waals surface area contributed by atoms with Gasteiger partial charge in [-0.3, -0.25) is 9.59 Å². The van der Waals surface area contributed by atoms with Gasteiger partial charge in [0.15, 0.2) is 0 Å². The number of thioether (sulfide) groups is 1. The van der Waals surface area contributed by atoms with E-state index in [-0.39, 0.29) is 30.5 Å². The van der Waals surface area contributed by atoms with E-state index in [0.29, 0.717) is 34.0 Å². The lowest BCUT2D eigenvalue weighted by Crippen LogP contribution is -2.22. The van der Waals surface area contributed by atoms with Crippen molar-refractivity contribution in [2.45, 2.75) is 33.7 Å². The minimum absolute atomic E-state index is 0.0898. The first-order chi connectivity index (χ1) is 15.0. The average Bonchev–Trinajstić information content (AvgIpc) is 2.71. The van der Waals surface area contributed by atoms with Gasteiger partial charge in [-0.15, -0.1) is 0 Å². The standard InChI is InChI=1S/C21H27N4O5PS/c1-14-6-5-7-17(10-14)21(27)32-19(8-9-30-31(4,28)29)15(2)25(13-26)12-18-11-23-16(3)24-20(18)22/h5-7,10-11,13,28-29H,4,8-9,12H2,1-3H3,(H2,22,23,24)/b19-15-. The Morgan fingerprint density at radius 2 is 2.09 bits per heavy atom. The zero-order chi connectivity index (χ0) is 23.9. The normalized spacial score (nSPS) is 12.3. The van der Waals surface area contributed by atoms with E-state index in [0.717, 1.165) is 17.3 Å². The third-order valence-electron chi connectivity index (χ3n) is 4.42. The summed E-state index contributed by atoms with van der Waals surface area (Å²) in [6.45, 7) is 5.31. The molecule has 0 spiro atoms. The molecule has 172 valence electrons. The summed E-state index contributed by atoms with van der Waals surface area (Å²) in [6, 6.07) is 7.16. The quantitative estimate of drug-likeness (QED) is 0.347. The number of aromatic nitrogens is 2. The molecule has 1 aromatic heterocycles. The van der Waals surface area contributed by atoms with Crippen LogP contribution in [-0.2, 0) is 15.9 Å². The van der Waals surface area contributed by atoms with Crippen LogP contribution in [0, 0.1) is 13.8 Å². The molecule has 1 heterocycles. The molecule has 9 nitrogen and oxygen atoms in total. The van der Waals surface area contributed by atoms with Gasteiger partial charge in [-0.25, -0.2) is 9.97 Å². The number of amides is 1. The summed E-state index contributed by atoms with van der Waals surface area (Å²) in [5.74, 6) is 0.777. The molecule has 2 rings (SSSR count). The Labute approximate surface area is 191 Å². The molecule has 2 aromatic rings. The maximum absolute atomic E-state index is 12.9. The first kappa shape index (κ1) is 25.8. The number of nitrogens with two attached hydrogens (primary N) is 1. The van der Waals surface area contributed by atoms with E-state index in [2.05, 4.69) is 16.3 Å². The van der Waals surface area contributed by atoms with Crippen LogP contribution in [0.15, 0.2) is 41.1 Å². The number of rotatable bonds is 10. The Kier molecular flexibility index (Phi) is 9.18. The second-order valence-electron chi connectivity index (χ2n) is 7.08. The molecule has 0 radical (unpaired) electrons. The largest absolute Gasteiger partial charge is 0.383 e. The molecular formula is C21H27N4O5PS. The summed E-state index contributed by atoms with van der Waals surface area (Å²) in [5, 5.41) is -0.212. The molecule has 0 fully saturated rings. The number of nitrogen functional groups attached to an aromatic ring is 1. The van der Waals surface area contributed by atoms with E-state index in [1.54, 1.807) is 38.2 Å². The molecule has 0 atom stereocenters. The minimum atomic E-state index is -3.68. The molecule has 0 saturated carbocycles. The maximum Gasteiger partial charge on any atom is 0.245 e. The van der Waals surface area contributed by atoms with E-state index in [9.17, 15) is 19.4 Å². The minimum Gasteiger partial charge on any atom is -0.383 e. The van der Waals surface area contributed by atoms with Crippen molar-refractivity contribution >= 4 is 43.0 Å². The van der Waals surface area contributed by atoms with Gasteiger partial charge in [-0.2, -0.15) is 0 Å². The van der Waals surface area contributed by atoms with Crippen molar-refractivity contribution in [1.29, 1.82) is 0 Å². The zero-order valence-electron chi connectivity index (χ0n) is 18.2. The fourth-order valence-electron chi connectivity index (χ4n) is 2.75. The topological polar surface area (TPSA) is 139 Å². The molecule has 0 aliphatic rings. The van der Waals surface area contributed by atoms with Gasteiger partial charge in [0.05, 0.1) is 13.2 Å². The number of carbonyl (C=O) groups is 2. The highest BCUT2D eigenvalue weighted by molar-refractivity contribution is 8.17. The molecule has 11 heteroatoms. The van der Waals surface area contributed by atoms with Crippen molar-refractivity contribution in [2.75, 3.05) is 12.3 Å². The fraction of sp³-hybridized carbons (Fsp3) is 0.286. The first-order valence-electron chi connectivity index (χ1n) is 9.62. The van der Waals surface area contributed by atoms with E-state index < -0.39 is 7.57 Å². The van der Waals surface area contributed by atoms with Crippen molar-refractivity contribution in [1.82, 2.24) is 14.9 Å². The molecule has 0 aliphatic carbocycles. The molecule has 1 amide bonds. The highest BCUT2D eigenvalue weighted by Crippen LogP contribution is 2.37. The van der Waals surface area contributed by atoms with E-state index in [4.69, 9.17) is 10.3 Å². The Morgan fingerprint density at radius 1 is 1.38 bits per heavy atom. The molecule has 0 aliphatic heterocycles. The summed E-state index contributed by atoms with van der Waals surface area (Å²) < 4.78 is 4.99. The monoisotopic (exact) mass is 478 g/mol. The fourth-order valence-corrected chi connectivity index (χ4v) is 4.05. The van der Waals surface area contributed by atoms with Crippen molar-refractivity contribution in [3.63, 3.8) is 0 Å². The van der Waals surface area contributed by atoms with Crippen LogP contribution in [0.1, 0.15) is 40.7 Å². The molecule has 32 heavy (non-hydrogen) atoms. The lowest BCUT2D eigenvalue weighted by atomic mass is 10.2. The van der Waals surface area contributed by atoms with Crippen LogP contribution >= 0.6 is 19.3 Å². The summed E-state index contributed by atoms with van der Waals surface area (Å²) in [7, 11) is -3.68. The number of anilines is 1. The van der Waals surface area contributed by atoms with Crippen LogP contribution in [0.5, 0.6) is 0 Å². The average molecular weight is 479 g/mol. The second-order valence-corrected chi connectivity index (χ2v) is 9.73. The molecule has 0 saturated heterocycles. The predicted octanol–water partition coefficient (Wildman–Crippen LogP) is 3.03. The smallest absolute Gasteiger partial charge is 0.245 e. The SMILES string of the molecule is C=P(O)(O)OCC/C(SC(=O)c1cccc(C)c1)=C(\C)N(C=O)Cc1cnc(C)nc1N. The number of carbonyl (C=O) groups excluding carboxylic acids is 2. The van der Waals surface area contributed by atoms with Gasteiger partial charge in [0, 0.05) is 34.3 Å². The Bertz CT molecular complexity index is 1070. The lowest BCUT2D eigenvalue weighted by molar-refractivity contribution is -0.116. The zero-order valence-corrected chi connectivity index (χ0v) is 19.9. The third-order valence-corrected chi connectivity index (χ3v) is 6.18. The lowest BCUT2D eigenvalue weighted by Gasteiger charge is -2.22. The number of hydrogen-bond donors (Lipinski definition) is 3. The highest BCUT2D eigenvalue weighted by Gasteiger charge is 2.18. The summed E-state index contributed by atoms with van der Waals surface area (Å²) in [4.78, 5) is 53.7. The maximum atomic E-state index is 12.9. The number of benzene rings is 1. The van der Waals surface area contributed by atoms with Gasteiger partial charge in [0.1, 0.15) is 11.6 Å². The van der Waals surface area contributed by atoms with Gasteiger partial charge >= 0.3 is 0 Å². The van der Waals surface area contributed by atoms with Crippen molar-refractivity contribution in [3.8, 4) is 0 Å². The van der Waals surface area contributed by atoms with Gasteiger partial charge in [-0.1, -0.05) is 23.8 Å². The van der Waals surface area contributed by atoms with Crippen LogP contribution < -0.4 is 5.73 Å². The molecule has 4 N–H and O–H groups in total. The second kappa shape index (κ2) is 11.4. The van der Waals surface area contributed by atoms with E-state index >= 15 is 0 Å². The predicted molar refractivity (Wildman–Crippen MR) is 128 cm³/mol. The highest BCUT2D eigenvalue weighted by atomic mass is 32.2. The Balaban J connectivity index is 2.33.